The second-order valence-electron chi connectivity index (χ2n) is 7.89. The molecular weight excluding hydrogens is 319 g/mol. The molecule has 0 bridgehead atoms. The average Bonchev–Trinajstić information content (AvgIpc) is 2.45. The van der Waals surface area contributed by atoms with E-state index < -0.39 is 12.7 Å². The van der Waals surface area contributed by atoms with Crippen molar-refractivity contribution < 1.29 is 19.6 Å². The molecule has 0 radical (unpaired) electrons. The summed E-state index contributed by atoms with van der Waals surface area (Å²) in [5.74, 6) is 0. The summed E-state index contributed by atoms with van der Waals surface area (Å²) in [6.07, 6.45) is -0.256. The first-order chi connectivity index (χ1) is 11.6. The fraction of sp³-hybridized carbons (Fsp3) is 0.611. The number of benzene rings is 1. The smallest absolute Gasteiger partial charge is 0.444 e. The number of piperazine rings is 1. The Morgan fingerprint density at radius 3 is 2.12 bits per heavy atom. The number of nitrogens with zero attached hydrogens (tertiary/aromatic N) is 2. The van der Waals surface area contributed by atoms with E-state index in [1.807, 2.05) is 51.7 Å². The molecule has 1 fully saturated rings. The Kier molecular flexibility index (Phi) is 6.14. The van der Waals surface area contributed by atoms with Crippen LogP contribution >= 0.6 is 0 Å². The van der Waals surface area contributed by atoms with Crippen LogP contribution in [0.1, 0.15) is 40.2 Å². The quantitative estimate of drug-likeness (QED) is 0.803. The van der Waals surface area contributed by atoms with E-state index in [1.165, 1.54) is 0 Å². The van der Waals surface area contributed by atoms with Crippen molar-refractivity contribution in [1.29, 1.82) is 0 Å². The minimum Gasteiger partial charge on any atom is -0.444 e. The summed E-state index contributed by atoms with van der Waals surface area (Å²) >= 11 is 0. The molecular formula is C18H29BN2O4. The maximum absolute atomic E-state index is 12.4. The van der Waals surface area contributed by atoms with Gasteiger partial charge in [0, 0.05) is 31.7 Å². The van der Waals surface area contributed by atoms with Crippen molar-refractivity contribution in [3.63, 3.8) is 0 Å². The lowest BCUT2D eigenvalue weighted by atomic mass is 9.80. The fourth-order valence-corrected chi connectivity index (χ4v) is 3.29. The highest BCUT2D eigenvalue weighted by atomic mass is 16.6. The molecule has 1 amide bonds. The van der Waals surface area contributed by atoms with Gasteiger partial charge in [-0.15, -0.1) is 0 Å². The summed E-state index contributed by atoms with van der Waals surface area (Å²) < 4.78 is 5.53. The first-order valence-electron chi connectivity index (χ1n) is 8.75. The zero-order chi connectivity index (χ0) is 18.8. The summed E-state index contributed by atoms with van der Waals surface area (Å²) in [7, 11) is -1.44. The van der Waals surface area contributed by atoms with E-state index in [-0.39, 0.29) is 18.2 Å². The molecule has 1 aliphatic rings. The fourth-order valence-electron chi connectivity index (χ4n) is 3.29. The lowest BCUT2D eigenvalue weighted by Gasteiger charge is -2.44. The Labute approximate surface area is 150 Å². The van der Waals surface area contributed by atoms with Gasteiger partial charge in [0.1, 0.15) is 5.60 Å². The SMILES string of the molecule is CC1CN(Cc2ccc(B(O)O)cc2)CC(C)N1C(=O)OC(C)(C)C. The summed E-state index contributed by atoms with van der Waals surface area (Å²) in [6, 6.07) is 7.40. The molecule has 1 saturated heterocycles. The first kappa shape index (κ1) is 19.8. The first-order valence-corrected chi connectivity index (χ1v) is 8.75. The third-order valence-corrected chi connectivity index (χ3v) is 4.28. The Bertz CT molecular complexity index is 574. The molecule has 2 N–H and O–H groups in total. The van der Waals surface area contributed by atoms with Crippen LogP contribution in [0.5, 0.6) is 0 Å². The van der Waals surface area contributed by atoms with Crippen LogP contribution in [0.4, 0.5) is 4.79 Å². The van der Waals surface area contributed by atoms with Gasteiger partial charge in [-0.1, -0.05) is 24.3 Å². The summed E-state index contributed by atoms with van der Waals surface area (Å²) in [6.45, 7) is 12.0. The molecule has 2 rings (SSSR count). The van der Waals surface area contributed by atoms with E-state index >= 15 is 0 Å². The molecule has 2 atom stereocenters. The van der Waals surface area contributed by atoms with Gasteiger partial charge >= 0.3 is 13.2 Å². The number of ether oxygens (including phenoxy) is 1. The molecule has 1 heterocycles. The average molecular weight is 348 g/mol. The molecule has 0 aliphatic carbocycles. The van der Waals surface area contributed by atoms with Crippen molar-refractivity contribution in [3.05, 3.63) is 29.8 Å². The van der Waals surface area contributed by atoms with Gasteiger partial charge in [-0.2, -0.15) is 0 Å². The molecule has 0 spiro atoms. The molecule has 1 aliphatic heterocycles. The number of carbonyl (C=O) groups is 1. The second-order valence-corrected chi connectivity index (χ2v) is 7.89. The largest absolute Gasteiger partial charge is 0.488 e. The van der Waals surface area contributed by atoms with E-state index in [2.05, 4.69) is 4.90 Å². The maximum Gasteiger partial charge on any atom is 0.488 e. The predicted octanol–water partition coefficient (Wildman–Crippen LogP) is 1.20. The summed E-state index contributed by atoms with van der Waals surface area (Å²) in [5, 5.41) is 18.3. The highest BCUT2D eigenvalue weighted by Gasteiger charge is 2.35. The van der Waals surface area contributed by atoms with Crippen LogP contribution in [0.15, 0.2) is 24.3 Å². The van der Waals surface area contributed by atoms with Crippen LogP contribution in [-0.2, 0) is 11.3 Å². The highest BCUT2D eigenvalue weighted by Crippen LogP contribution is 2.21. The Morgan fingerprint density at radius 1 is 1.16 bits per heavy atom. The zero-order valence-corrected chi connectivity index (χ0v) is 15.8. The molecule has 7 heteroatoms. The minimum atomic E-state index is -1.44. The second kappa shape index (κ2) is 7.76. The third kappa shape index (κ3) is 5.46. The van der Waals surface area contributed by atoms with Crippen LogP contribution in [0.3, 0.4) is 0 Å². The Morgan fingerprint density at radius 2 is 1.68 bits per heavy atom. The van der Waals surface area contributed by atoms with Gasteiger partial charge in [0.15, 0.2) is 0 Å². The van der Waals surface area contributed by atoms with Crippen LogP contribution in [0.2, 0.25) is 0 Å². The zero-order valence-electron chi connectivity index (χ0n) is 15.8. The number of amides is 1. The van der Waals surface area contributed by atoms with E-state index in [0.717, 1.165) is 25.2 Å². The molecule has 2 unspecified atom stereocenters. The third-order valence-electron chi connectivity index (χ3n) is 4.28. The van der Waals surface area contributed by atoms with Gasteiger partial charge in [-0.3, -0.25) is 4.90 Å². The molecule has 0 aromatic heterocycles. The van der Waals surface area contributed by atoms with Crippen LogP contribution < -0.4 is 5.46 Å². The van der Waals surface area contributed by atoms with E-state index in [9.17, 15) is 4.79 Å². The minimum absolute atomic E-state index is 0.0668. The summed E-state index contributed by atoms with van der Waals surface area (Å²) in [4.78, 5) is 16.6. The van der Waals surface area contributed by atoms with Gasteiger partial charge in [0.25, 0.3) is 0 Å². The Hall–Kier alpha value is -1.57. The van der Waals surface area contributed by atoms with E-state index in [1.54, 1.807) is 12.1 Å². The summed E-state index contributed by atoms with van der Waals surface area (Å²) in [5.41, 5.74) is 1.10. The highest BCUT2D eigenvalue weighted by molar-refractivity contribution is 6.58. The molecule has 25 heavy (non-hydrogen) atoms. The predicted molar refractivity (Wildman–Crippen MR) is 98.5 cm³/mol. The number of rotatable bonds is 3. The van der Waals surface area contributed by atoms with E-state index in [0.29, 0.717) is 5.46 Å². The Balaban J connectivity index is 1.98. The number of carbonyl (C=O) groups excluding carboxylic acids is 1. The molecule has 138 valence electrons. The van der Waals surface area contributed by atoms with Gasteiger partial charge in [-0.05, 0) is 45.6 Å². The lowest BCUT2D eigenvalue weighted by molar-refractivity contribution is -0.0162. The van der Waals surface area contributed by atoms with Crippen LogP contribution in [-0.4, -0.2) is 63.8 Å². The molecule has 1 aromatic carbocycles. The van der Waals surface area contributed by atoms with Crippen molar-refractivity contribution in [2.24, 2.45) is 0 Å². The normalized spacial score (nSPS) is 22.0. The van der Waals surface area contributed by atoms with Crippen LogP contribution in [0.25, 0.3) is 0 Å². The number of hydrogen-bond acceptors (Lipinski definition) is 5. The van der Waals surface area contributed by atoms with Crippen molar-refractivity contribution in [1.82, 2.24) is 9.80 Å². The van der Waals surface area contributed by atoms with Crippen LogP contribution in [0, 0.1) is 0 Å². The van der Waals surface area contributed by atoms with Gasteiger partial charge < -0.3 is 19.7 Å². The van der Waals surface area contributed by atoms with Gasteiger partial charge in [0.05, 0.1) is 0 Å². The van der Waals surface area contributed by atoms with Gasteiger partial charge in [0.2, 0.25) is 0 Å². The van der Waals surface area contributed by atoms with Crippen molar-refractivity contribution in [2.75, 3.05) is 13.1 Å². The van der Waals surface area contributed by atoms with Crippen molar-refractivity contribution in [3.8, 4) is 0 Å². The standard InChI is InChI=1S/C18H29BN2O4/c1-13-10-20(12-15-6-8-16(9-7-15)19(23)24)11-14(2)21(13)17(22)25-18(3,4)5/h6-9,13-14,23-24H,10-12H2,1-5H3. The molecule has 0 saturated carbocycles. The molecule has 6 nitrogen and oxygen atoms in total. The monoisotopic (exact) mass is 348 g/mol. The topological polar surface area (TPSA) is 73.2 Å². The number of hydrogen-bond donors (Lipinski definition) is 2. The molecule has 1 aromatic rings. The van der Waals surface area contributed by atoms with E-state index in [4.69, 9.17) is 14.8 Å². The maximum atomic E-state index is 12.4. The van der Waals surface area contributed by atoms with Crippen molar-refractivity contribution in [2.45, 2.75) is 58.8 Å². The lowest BCUT2D eigenvalue weighted by Crippen LogP contribution is -2.59. The van der Waals surface area contributed by atoms with Gasteiger partial charge in [-0.25, -0.2) is 4.79 Å². The van der Waals surface area contributed by atoms with Crippen molar-refractivity contribution >= 4 is 18.7 Å².